The topological polar surface area (TPSA) is 64.9 Å². The number of carbonyl (C=O) groups is 1. The first kappa shape index (κ1) is 20.9. The molecule has 31 heavy (non-hydrogen) atoms. The molecule has 0 aliphatic rings. The average molecular weight is 436 g/mol. The minimum atomic E-state index is -0.0411. The van der Waals surface area contributed by atoms with Gasteiger partial charge in [0, 0.05) is 22.8 Å². The molecule has 160 valence electrons. The summed E-state index contributed by atoms with van der Waals surface area (Å²) in [5.41, 5.74) is 4.13. The normalized spacial score (nSPS) is 10.9. The van der Waals surface area contributed by atoms with Crippen LogP contribution < -0.4 is 14.8 Å². The van der Waals surface area contributed by atoms with Gasteiger partial charge in [-0.1, -0.05) is 29.8 Å². The molecule has 1 N–H and O–H groups in total. The second-order valence-corrected chi connectivity index (χ2v) is 7.99. The second kappa shape index (κ2) is 9.66. The molecule has 6 nitrogen and oxygen atoms in total. The third-order valence-electron chi connectivity index (χ3n) is 4.80. The largest absolute Gasteiger partial charge is 0.494 e. The summed E-state index contributed by atoms with van der Waals surface area (Å²) >= 11 is 1.54. The van der Waals surface area contributed by atoms with E-state index in [1.807, 2.05) is 47.2 Å². The molecule has 0 saturated carbocycles. The lowest BCUT2D eigenvalue weighted by atomic mass is 10.1. The van der Waals surface area contributed by atoms with Crippen molar-refractivity contribution in [3.8, 4) is 22.8 Å². The Kier molecular flexibility index (Phi) is 6.52. The summed E-state index contributed by atoms with van der Waals surface area (Å²) in [5.74, 6) is 1.52. The van der Waals surface area contributed by atoms with Gasteiger partial charge in [-0.3, -0.25) is 9.20 Å². The van der Waals surface area contributed by atoms with E-state index >= 15 is 0 Å². The van der Waals surface area contributed by atoms with E-state index in [-0.39, 0.29) is 5.91 Å². The van der Waals surface area contributed by atoms with E-state index in [2.05, 4.69) is 41.5 Å². The number of thiazole rings is 1. The van der Waals surface area contributed by atoms with Crippen LogP contribution in [-0.4, -0.2) is 35.1 Å². The van der Waals surface area contributed by atoms with Crippen LogP contribution in [0.3, 0.4) is 0 Å². The molecule has 1 amide bonds. The van der Waals surface area contributed by atoms with Crippen LogP contribution in [0.2, 0.25) is 0 Å². The van der Waals surface area contributed by atoms with Crippen LogP contribution in [0.15, 0.2) is 60.1 Å². The first-order valence-corrected chi connectivity index (χ1v) is 11.1. The number of nitrogens with zero attached hydrogens (tertiary/aromatic N) is 2. The van der Waals surface area contributed by atoms with E-state index in [1.165, 1.54) is 5.56 Å². The van der Waals surface area contributed by atoms with E-state index in [9.17, 15) is 4.79 Å². The smallest absolute Gasteiger partial charge is 0.226 e. The summed E-state index contributed by atoms with van der Waals surface area (Å²) in [6.07, 6.45) is 2.29. The third-order valence-corrected chi connectivity index (χ3v) is 5.69. The number of rotatable bonds is 9. The molecule has 2 aromatic heterocycles. The van der Waals surface area contributed by atoms with E-state index in [0.717, 1.165) is 33.4 Å². The van der Waals surface area contributed by atoms with Crippen LogP contribution in [0.1, 0.15) is 18.2 Å². The van der Waals surface area contributed by atoms with Gasteiger partial charge in [0.05, 0.1) is 25.3 Å². The van der Waals surface area contributed by atoms with Crippen molar-refractivity contribution in [2.45, 2.75) is 20.3 Å². The third kappa shape index (κ3) is 5.24. The van der Waals surface area contributed by atoms with Gasteiger partial charge in [-0.15, -0.1) is 11.3 Å². The first-order chi connectivity index (χ1) is 15.1. The first-order valence-electron chi connectivity index (χ1n) is 10.3. The van der Waals surface area contributed by atoms with E-state index in [4.69, 9.17) is 9.47 Å². The molecule has 4 rings (SSSR count). The fraction of sp³-hybridized carbons (Fsp3) is 0.250. The molecule has 7 heteroatoms. The molecule has 0 aliphatic carbocycles. The fourth-order valence-corrected chi connectivity index (χ4v) is 4.08. The summed E-state index contributed by atoms with van der Waals surface area (Å²) < 4.78 is 13.1. The highest BCUT2D eigenvalue weighted by Crippen LogP contribution is 2.24. The number of hydrogen-bond donors (Lipinski definition) is 1. The summed E-state index contributed by atoms with van der Waals surface area (Å²) in [7, 11) is 0. The number of aryl methyl sites for hydroxylation is 1. The van der Waals surface area contributed by atoms with Gasteiger partial charge in [0.2, 0.25) is 5.91 Å². The van der Waals surface area contributed by atoms with Crippen molar-refractivity contribution in [2.24, 2.45) is 0 Å². The van der Waals surface area contributed by atoms with Crippen LogP contribution in [0.5, 0.6) is 11.5 Å². The van der Waals surface area contributed by atoms with Crippen molar-refractivity contribution in [1.82, 2.24) is 14.7 Å². The van der Waals surface area contributed by atoms with Crippen LogP contribution in [0.25, 0.3) is 16.2 Å². The van der Waals surface area contributed by atoms with Gasteiger partial charge in [0.25, 0.3) is 0 Å². The van der Waals surface area contributed by atoms with Crippen LogP contribution in [0, 0.1) is 6.92 Å². The Balaban J connectivity index is 1.28. The standard InChI is InChI=1S/C24H25N3O3S/c1-3-29-20-8-10-21(11-9-20)30-13-12-25-23(28)14-19-16-31-24-26-22(15-27(19)24)18-6-4-17(2)5-7-18/h4-11,15-16H,3,12-14H2,1-2H3,(H,25,28). The number of carbonyl (C=O) groups excluding carboxylic acids is 1. The Hall–Kier alpha value is -3.32. The quantitative estimate of drug-likeness (QED) is 0.393. The van der Waals surface area contributed by atoms with Gasteiger partial charge in [0.15, 0.2) is 4.96 Å². The summed E-state index contributed by atoms with van der Waals surface area (Å²) in [6, 6.07) is 15.7. The molecule has 0 atom stereocenters. The van der Waals surface area contributed by atoms with Crippen molar-refractivity contribution in [1.29, 1.82) is 0 Å². The molecular formula is C24H25N3O3S. The van der Waals surface area contributed by atoms with Crippen LogP contribution >= 0.6 is 11.3 Å². The Morgan fingerprint density at radius 2 is 1.77 bits per heavy atom. The predicted octanol–water partition coefficient (Wildman–Crippen LogP) is 4.51. The van der Waals surface area contributed by atoms with E-state index in [1.54, 1.807) is 11.3 Å². The molecule has 0 radical (unpaired) electrons. The zero-order valence-electron chi connectivity index (χ0n) is 17.6. The monoisotopic (exact) mass is 435 g/mol. The Morgan fingerprint density at radius 3 is 2.48 bits per heavy atom. The number of aromatic nitrogens is 2. The molecular weight excluding hydrogens is 410 g/mol. The summed E-state index contributed by atoms with van der Waals surface area (Å²) in [6.45, 7) is 5.49. The van der Waals surface area contributed by atoms with Crippen molar-refractivity contribution in [3.05, 3.63) is 71.4 Å². The van der Waals surface area contributed by atoms with Gasteiger partial charge in [0.1, 0.15) is 18.1 Å². The Bertz CT molecular complexity index is 1150. The number of amides is 1. The van der Waals surface area contributed by atoms with Gasteiger partial charge >= 0.3 is 0 Å². The van der Waals surface area contributed by atoms with Crippen molar-refractivity contribution in [3.63, 3.8) is 0 Å². The van der Waals surface area contributed by atoms with Gasteiger partial charge in [-0.2, -0.15) is 0 Å². The summed E-state index contributed by atoms with van der Waals surface area (Å²) in [4.78, 5) is 18.0. The number of nitrogens with one attached hydrogen (secondary N) is 1. The van der Waals surface area contributed by atoms with Crippen molar-refractivity contribution in [2.75, 3.05) is 19.8 Å². The number of ether oxygens (including phenoxy) is 2. The molecule has 0 aliphatic heterocycles. The van der Waals surface area contributed by atoms with E-state index in [0.29, 0.717) is 26.2 Å². The average Bonchev–Trinajstić information content (AvgIpc) is 3.35. The summed E-state index contributed by atoms with van der Waals surface area (Å²) in [5, 5.41) is 4.90. The highest BCUT2D eigenvalue weighted by Gasteiger charge is 2.12. The lowest BCUT2D eigenvalue weighted by Crippen LogP contribution is -2.29. The second-order valence-electron chi connectivity index (χ2n) is 7.15. The SMILES string of the molecule is CCOc1ccc(OCCNC(=O)Cc2csc3nc(-c4ccc(C)cc4)cn23)cc1. The highest BCUT2D eigenvalue weighted by molar-refractivity contribution is 7.15. The molecule has 4 aromatic rings. The fourth-order valence-electron chi connectivity index (χ4n) is 3.21. The van der Waals surface area contributed by atoms with Gasteiger partial charge < -0.3 is 14.8 Å². The minimum Gasteiger partial charge on any atom is -0.494 e. The van der Waals surface area contributed by atoms with Crippen LogP contribution in [0.4, 0.5) is 0 Å². The van der Waals surface area contributed by atoms with Gasteiger partial charge in [-0.05, 0) is 38.1 Å². The maximum Gasteiger partial charge on any atom is 0.226 e. The van der Waals surface area contributed by atoms with Crippen LogP contribution in [-0.2, 0) is 11.2 Å². The molecule has 0 bridgehead atoms. The maximum atomic E-state index is 12.4. The van der Waals surface area contributed by atoms with Crippen molar-refractivity contribution >= 4 is 22.2 Å². The zero-order valence-corrected chi connectivity index (χ0v) is 18.4. The Morgan fingerprint density at radius 1 is 1.06 bits per heavy atom. The van der Waals surface area contributed by atoms with Crippen molar-refractivity contribution < 1.29 is 14.3 Å². The highest BCUT2D eigenvalue weighted by atomic mass is 32.1. The van der Waals surface area contributed by atoms with E-state index < -0.39 is 0 Å². The van der Waals surface area contributed by atoms with Gasteiger partial charge in [-0.25, -0.2) is 4.98 Å². The predicted molar refractivity (Wildman–Crippen MR) is 123 cm³/mol. The number of imidazole rings is 1. The Labute approximate surface area is 185 Å². The molecule has 2 heterocycles. The molecule has 0 unspecified atom stereocenters. The number of hydrogen-bond acceptors (Lipinski definition) is 5. The number of fused-ring (bicyclic) bond motifs is 1. The zero-order chi connectivity index (χ0) is 21.6. The maximum absolute atomic E-state index is 12.4. The lowest BCUT2D eigenvalue weighted by molar-refractivity contribution is -0.120. The molecule has 0 spiro atoms. The molecule has 2 aromatic carbocycles. The lowest BCUT2D eigenvalue weighted by Gasteiger charge is -2.09. The molecule has 0 saturated heterocycles. The number of benzene rings is 2. The molecule has 0 fully saturated rings. The minimum absolute atomic E-state index is 0.0411.